The Labute approximate surface area is 99.2 Å². The van der Waals surface area contributed by atoms with Crippen molar-refractivity contribution >= 4 is 0 Å². The van der Waals surface area contributed by atoms with Gasteiger partial charge in [0.2, 0.25) is 0 Å². The molecule has 0 aliphatic carbocycles. The predicted octanol–water partition coefficient (Wildman–Crippen LogP) is 0.413. The first-order valence-electron chi connectivity index (χ1n) is 6.50. The van der Waals surface area contributed by atoms with E-state index in [1.54, 1.807) is 0 Å². The summed E-state index contributed by atoms with van der Waals surface area (Å²) in [5.74, 6) is 0. The molecule has 0 aromatic carbocycles. The second kappa shape index (κ2) is 8.93. The zero-order valence-electron chi connectivity index (χ0n) is 10.5. The van der Waals surface area contributed by atoms with E-state index < -0.39 is 0 Å². The van der Waals surface area contributed by atoms with Crippen LogP contribution in [0.5, 0.6) is 0 Å². The SMILES string of the molecule is CCN1CCN(CCCCOCCO)CC1. The van der Waals surface area contributed by atoms with E-state index in [4.69, 9.17) is 9.84 Å². The molecule has 0 spiro atoms. The summed E-state index contributed by atoms with van der Waals surface area (Å²) in [6.07, 6.45) is 2.31. The summed E-state index contributed by atoms with van der Waals surface area (Å²) in [4.78, 5) is 5.04. The lowest BCUT2D eigenvalue weighted by Crippen LogP contribution is -2.46. The van der Waals surface area contributed by atoms with Crippen molar-refractivity contribution in [1.82, 2.24) is 9.80 Å². The Hall–Kier alpha value is -0.160. The highest BCUT2D eigenvalue weighted by molar-refractivity contribution is 4.70. The Bertz CT molecular complexity index is 159. The van der Waals surface area contributed by atoms with Crippen LogP contribution in [0.25, 0.3) is 0 Å². The van der Waals surface area contributed by atoms with Crippen molar-refractivity contribution in [2.75, 3.05) is 59.1 Å². The van der Waals surface area contributed by atoms with E-state index in [9.17, 15) is 0 Å². The minimum atomic E-state index is 0.138. The molecule has 0 bridgehead atoms. The molecule has 0 saturated carbocycles. The third-order valence-corrected chi connectivity index (χ3v) is 3.16. The molecular weight excluding hydrogens is 204 g/mol. The number of aliphatic hydroxyl groups is 1. The normalized spacial score (nSPS) is 19.1. The van der Waals surface area contributed by atoms with E-state index in [1.807, 2.05) is 0 Å². The second-order valence-electron chi connectivity index (χ2n) is 4.32. The summed E-state index contributed by atoms with van der Waals surface area (Å²) in [7, 11) is 0. The zero-order chi connectivity index (χ0) is 11.6. The summed E-state index contributed by atoms with van der Waals surface area (Å²) in [6.45, 7) is 10.9. The Balaban J connectivity index is 1.90. The van der Waals surface area contributed by atoms with Gasteiger partial charge in [0.1, 0.15) is 0 Å². The number of unbranched alkanes of at least 4 members (excludes halogenated alkanes) is 1. The van der Waals surface area contributed by atoms with Crippen molar-refractivity contribution in [2.45, 2.75) is 19.8 Å². The highest BCUT2D eigenvalue weighted by atomic mass is 16.5. The molecule has 16 heavy (non-hydrogen) atoms. The summed E-state index contributed by atoms with van der Waals surface area (Å²) in [5.41, 5.74) is 0. The largest absolute Gasteiger partial charge is 0.394 e. The average Bonchev–Trinajstić information content (AvgIpc) is 2.34. The van der Waals surface area contributed by atoms with Crippen LogP contribution in [0, 0.1) is 0 Å². The molecule has 0 unspecified atom stereocenters. The third-order valence-electron chi connectivity index (χ3n) is 3.16. The number of aliphatic hydroxyl groups excluding tert-OH is 1. The van der Waals surface area contributed by atoms with Crippen LogP contribution in [0.4, 0.5) is 0 Å². The van der Waals surface area contributed by atoms with Crippen LogP contribution in [0.2, 0.25) is 0 Å². The highest BCUT2D eigenvalue weighted by Gasteiger charge is 2.14. The molecule has 0 atom stereocenters. The van der Waals surface area contributed by atoms with Gasteiger partial charge in [0.05, 0.1) is 13.2 Å². The third kappa shape index (κ3) is 5.80. The van der Waals surface area contributed by atoms with E-state index in [0.29, 0.717) is 6.61 Å². The molecule has 96 valence electrons. The standard InChI is InChI=1S/C12H26N2O2/c1-2-13-6-8-14(9-7-13)5-3-4-11-16-12-10-15/h15H,2-12H2,1H3. The van der Waals surface area contributed by atoms with Crippen LogP contribution in [-0.4, -0.2) is 74.0 Å². The Morgan fingerprint density at radius 3 is 2.31 bits per heavy atom. The van der Waals surface area contributed by atoms with Crippen LogP contribution in [0.3, 0.4) is 0 Å². The minimum Gasteiger partial charge on any atom is -0.394 e. The van der Waals surface area contributed by atoms with Crippen molar-refractivity contribution < 1.29 is 9.84 Å². The predicted molar refractivity (Wildman–Crippen MR) is 65.7 cm³/mol. The molecule has 0 aromatic rings. The van der Waals surface area contributed by atoms with Gasteiger partial charge in [-0.3, -0.25) is 0 Å². The summed E-state index contributed by atoms with van der Waals surface area (Å²) in [6, 6.07) is 0. The van der Waals surface area contributed by atoms with Crippen molar-refractivity contribution in [1.29, 1.82) is 0 Å². The van der Waals surface area contributed by atoms with E-state index in [-0.39, 0.29) is 6.61 Å². The zero-order valence-corrected chi connectivity index (χ0v) is 10.5. The molecule has 0 aromatic heterocycles. The summed E-state index contributed by atoms with van der Waals surface area (Å²) in [5, 5.41) is 8.54. The highest BCUT2D eigenvalue weighted by Crippen LogP contribution is 2.03. The topological polar surface area (TPSA) is 35.9 Å². The quantitative estimate of drug-likeness (QED) is 0.613. The van der Waals surface area contributed by atoms with E-state index in [2.05, 4.69) is 16.7 Å². The molecule has 1 aliphatic rings. The first-order chi connectivity index (χ1) is 7.86. The number of rotatable bonds is 8. The Kier molecular flexibility index (Phi) is 7.76. The van der Waals surface area contributed by atoms with Crippen molar-refractivity contribution in [3.63, 3.8) is 0 Å². The number of piperazine rings is 1. The van der Waals surface area contributed by atoms with Crippen LogP contribution in [0.1, 0.15) is 19.8 Å². The van der Waals surface area contributed by atoms with Gasteiger partial charge >= 0.3 is 0 Å². The van der Waals surface area contributed by atoms with Gasteiger partial charge in [-0.1, -0.05) is 6.92 Å². The molecule has 1 saturated heterocycles. The number of hydrogen-bond donors (Lipinski definition) is 1. The number of hydrogen-bond acceptors (Lipinski definition) is 4. The summed E-state index contributed by atoms with van der Waals surface area (Å²) >= 11 is 0. The van der Waals surface area contributed by atoms with Gasteiger partial charge in [0.15, 0.2) is 0 Å². The molecule has 1 heterocycles. The average molecular weight is 230 g/mol. The Morgan fingerprint density at radius 2 is 1.69 bits per heavy atom. The van der Waals surface area contributed by atoms with Gasteiger partial charge in [-0.15, -0.1) is 0 Å². The van der Waals surface area contributed by atoms with Crippen LogP contribution in [0.15, 0.2) is 0 Å². The number of likely N-dealkylation sites (N-methyl/N-ethyl adjacent to an activating group) is 1. The fourth-order valence-electron chi connectivity index (χ4n) is 2.04. The first kappa shape index (κ1) is 13.9. The lowest BCUT2D eigenvalue weighted by atomic mass is 10.2. The smallest absolute Gasteiger partial charge is 0.0697 e. The van der Waals surface area contributed by atoms with Crippen molar-refractivity contribution in [3.8, 4) is 0 Å². The second-order valence-corrected chi connectivity index (χ2v) is 4.32. The fourth-order valence-corrected chi connectivity index (χ4v) is 2.04. The molecule has 1 rings (SSSR count). The number of ether oxygens (including phenoxy) is 1. The molecule has 0 radical (unpaired) electrons. The van der Waals surface area contributed by atoms with E-state index in [0.717, 1.165) is 13.0 Å². The summed E-state index contributed by atoms with van der Waals surface area (Å²) < 4.78 is 5.23. The van der Waals surface area contributed by atoms with Gasteiger partial charge in [-0.25, -0.2) is 0 Å². The van der Waals surface area contributed by atoms with E-state index >= 15 is 0 Å². The lowest BCUT2D eigenvalue weighted by molar-refractivity contribution is 0.0852. The maximum atomic E-state index is 8.54. The van der Waals surface area contributed by atoms with Crippen LogP contribution in [-0.2, 0) is 4.74 Å². The maximum absolute atomic E-state index is 8.54. The fraction of sp³-hybridized carbons (Fsp3) is 1.00. The molecule has 1 aliphatic heterocycles. The van der Waals surface area contributed by atoms with E-state index in [1.165, 1.54) is 45.7 Å². The van der Waals surface area contributed by atoms with Crippen molar-refractivity contribution in [3.05, 3.63) is 0 Å². The lowest BCUT2D eigenvalue weighted by Gasteiger charge is -2.33. The maximum Gasteiger partial charge on any atom is 0.0697 e. The molecule has 1 N–H and O–H groups in total. The van der Waals surface area contributed by atoms with Gasteiger partial charge in [-0.05, 0) is 25.9 Å². The van der Waals surface area contributed by atoms with Gasteiger partial charge < -0.3 is 19.6 Å². The first-order valence-corrected chi connectivity index (χ1v) is 6.50. The number of nitrogens with zero attached hydrogens (tertiary/aromatic N) is 2. The van der Waals surface area contributed by atoms with Crippen LogP contribution >= 0.6 is 0 Å². The van der Waals surface area contributed by atoms with Gasteiger partial charge in [0.25, 0.3) is 0 Å². The molecule has 0 amide bonds. The molecular formula is C12H26N2O2. The van der Waals surface area contributed by atoms with Gasteiger partial charge in [0, 0.05) is 32.8 Å². The van der Waals surface area contributed by atoms with Gasteiger partial charge in [-0.2, -0.15) is 0 Å². The molecule has 4 nitrogen and oxygen atoms in total. The Morgan fingerprint density at radius 1 is 1.00 bits per heavy atom. The molecule has 4 heteroatoms. The monoisotopic (exact) mass is 230 g/mol. The van der Waals surface area contributed by atoms with Crippen molar-refractivity contribution in [2.24, 2.45) is 0 Å². The van der Waals surface area contributed by atoms with Crippen LogP contribution < -0.4 is 0 Å². The minimum absolute atomic E-state index is 0.138. The molecule has 1 fully saturated rings.